The zero-order valence-corrected chi connectivity index (χ0v) is 18.2. The third-order valence-corrected chi connectivity index (χ3v) is 4.41. The van der Waals surface area contributed by atoms with E-state index in [0.717, 1.165) is 3.57 Å². The van der Waals surface area contributed by atoms with Gasteiger partial charge in [0, 0.05) is 0 Å². The summed E-state index contributed by atoms with van der Waals surface area (Å²) in [5, 5.41) is 18.3. The minimum absolute atomic E-state index is 0. The lowest BCUT2D eigenvalue weighted by Gasteiger charge is -2.19. The molecule has 0 aliphatic carbocycles. The van der Waals surface area contributed by atoms with Gasteiger partial charge in [-0.15, -0.1) is 12.4 Å². The molecule has 0 radical (unpaired) electrons. The average molecular weight is 463 g/mol. The van der Waals surface area contributed by atoms with Crippen LogP contribution in [-0.4, -0.2) is 10.2 Å². The highest BCUT2D eigenvalue weighted by Crippen LogP contribution is 2.28. The van der Waals surface area contributed by atoms with Crippen molar-refractivity contribution in [2.75, 3.05) is 0 Å². The lowest BCUT2D eigenvalue weighted by atomic mass is 9.87. The smallest absolute Gasteiger partial charge is 0.128 e. The molecule has 0 heterocycles. The summed E-state index contributed by atoms with van der Waals surface area (Å²) in [6.45, 7) is 12.9. The van der Waals surface area contributed by atoms with E-state index in [0.29, 0.717) is 11.5 Å². The molecule has 24 heavy (non-hydrogen) atoms. The Bertz CT molecular complexity index is 638. The van der Waals surface area contributed by atoms with Crippen molar-refractivity contribution in [1.29, 1.82) is 0 Å². The monoisotopic (exact) mass is 462 g/mol. The first-order chi connectivity index (χ1) is 10.4. The van der Waals surface area contributed by atoms with Crippen molar-refractivity contribution in [2.24, 2.45) is 0 Å². The SMILES string of the molecule is CC(C)(C)c1ccc(O)c(I)c1.CC(C)(C)c1ccc(O)cc1.Cl. The van der Waals surface area contributed by atoms with Crippen LogP contribution in [0.25, 0.3) is 0 Å². The molecule has 2 rings (SSSR count). The fraction of sp³-hybridized carbons (Fsp3) is 0.400. The second-order valence-electron chi connectivity index (χ2n) is 7.71. The van der Waals surface area contributed by atoms with Gasteiger partial charge in [-0.05, 0) is 68.8 Å². The molecule has 0 fully saturated rings. The van der Waals surface area contributed by atoms with Gasteiger partial charge in [-0.3, -0.25) is 0 Å². The lowest BCUT2D eigenvalue weighted by Crippen LogP contribution is -2.10. The molecule has 0 aliphatic rings. The normalized spacial score (nSPS) is 11.1. The van der Waals surface area contributed by atoms with Gasteiger partial charge in [-0.1, -0.05) is 59.7 Å². The van der Waals surface area contributed by atoms with Gasteiger partial charge in [0.05, 0.1) is 3.57 Å². The van der Waals surface area contributed by atoms with Crippen molar-refractivity contribution < 1.29 is 10.2 Å². The molecule has 2 nitrogen and oxygen atoms in total. The van der Waals surface area contributed by atoms with Gasteiger partial charge in [0.25, 0.3) is 0 Å². The molecule has 0 aliphatic heterocycles. The van der Waals surface area contributed by atoms with E-state index >= 15 is 0 Å². The third kappa shape index (κ3) is 7.31. The number of rotatable bonds is 0. The van der Waals surface area contributed by atoms with Crippen LogP contribution in [0.2, 0.25) is 0 Å². The summed E-state index contributed by atoms with van der Waals surface area (Å²) >= 11 is 2.14. The van der Waals surface area contributed by atoms with Gasteiger partial charge < -0.3 is 10.2 Å². The minimum Gasteiger partial charge on any atom is -0.508 e. The van der Waals surface area contributed by atoms with Gasteiger partial charge in [0.15, 0.2) is 0 Å². The molecule has 0 amide bonds. The van der Waals surface area contributed by atoms with Crippen molar-refractivity contribution >= 4 is 35.0 Å². The number of phenols is 2. The number of hydrogen-bond donors (Lipinski definition) is 2. The van der Waals surface area contributed by atoms with Crippen molar-refractivity contribution in [3.63, 3.8) is 0 Å². The lowest BCUT2D eigenvalue weighted by molar-refractivity contribution is 0.470. The number of phenolic OH excluding ortho intramolecular Hbond substituents is 2. The van der Waals surface area contributed by atoms with Crippen molar-refractivity contribution in [3.8, 4) is 11.5 Å². The van der Waals surface area contributed by atoms with Crippen LogP contribution in [0.1, 0.15) is 52.7 Å². The maximum atomic E-state index is 9.30. The Hall–Kier alpha value is -0.940. The number of hydrogen-bond acceptors (Lipinski definition) is 2. The Labute approximate surface area is 165 Å². The Morgan fingerprint density at radius 1 is 0.708 bits per heavy atom. The van der Waals surface area contributed by atoms with Crippen LogP contribution in [0, 0.1) is 3.57 Å². The maximum absolute atomic E-state index is 9.30. The molecule has 0 unspecified atom stereocenters. The maximum Gasteiger partial charge on any atom is 0.128 e. The first kappa shape index (κ1) is 23.1. The van der Waals surface area contributed by atoms with Crippen LogP contribution < -0.4 is 0 Å². The van der Waals surface area contributed by atoms with Crippen LogP contribution in [0.5, 0.6) is 11.5 Å². The molecule has 0 bridgehead atoms. The Kier molecular flexibility index (Phi) is 8.60. The minimum atomic E-state index is 0. The molecular weight excluding hydrogens is 435 g/mol. The molecule has 0 spiro atoms. The second kappa shape index (κ2) is 8.95. The van der Waals surface area contributed by atoms with Crippen LogP contribution >= 0.6 is 35.0 Å². The van der Waals surface area contributed by atoms with Crippen LogP contribution in [0.4, 0.5) is 0 Å². The highest BCUT2D eigenvalue weighted by Gasteiger charge is 2.14. The second-order valence-corrected chi connectivity index (χ2v) is 8.88. The molecular formula is C20H28ClIO2. The highest BCUT2D eigenvalue weighted by atomic mass is 127. The predicted octanol–water partition coefficient (Wildman–Crippen LogP) is 6.41. The van der Waals surface area contributed by atoms with Gasteiger partial charge >= 0.3 is 0 Å². The van der Waals surface area contributed by atoms with Gasteiger partial charge in [0.1, 0.15) is 11.5 Å². The quantitative estimate of drug-likeness (QED) is 0.444. The van der Waals surface area contributed by atoms with E-state index in [9.17, 15) is 5.11 Å². The van der Waals surface area contributed by atoms with Crippen molar-refractivity contribution in [3.05, 3.63) is 57.2 Å². The Morgan fingerprint density at radius 2 is 1.12 bits per heavy atom. The number of benzene rings is 2. The summed E-state index contributed by atoms with van der Waals surface area (Å²) < 4.78 is 0.917. The Balaban J connectivity index is 0.000000425. The van der Waals surface area contributed by atoms with E-state index in [1.807, 2.05) is 24.3 Å². The summed E-state index contributed by atoms with van der Waals surface area (Å²) in [5.41, 5.74) is 2.83. The van der Waals surface area contributed by atoms with Crippen molar-refractivity contribution in [2.45, 2.75) is 52.4 Å². The summed E-state index contributed by atoms with van der Waals surface area (Å²) in [6.07, 6.45) is 0. The van der Waals surface area contributed by atoms with E-state index in [1.165, 1.54) is 11.1 Å². The van der Waals surface area contributed by atoms with Crippen LogP contribution in [-0.2, 0) is 10.8 Å². The molecule has 4 heteroatoms. The zero-order valence-electron chi connectivity index (χ0n) is 15.2. The van der Waals surface area contributed by atoms with E-state index in [-0.39, 0.29) is 23.2 Å². The summed E-state index contributed by atoms with van der Waals surface area (Å²) in [6, 6.07) is 13.1. The van der Waals surface area contributed by atoms with Crippen LogP contribution in [0.15, 0.2) is 42.5 Å². The van der Waals surface area contributed by atoms with E-state index in [1.54, 1.807) is 18.2 Å². The van der Waals surface area contributed by atoms with E-state index in [4.69, 9.17) is 5.11 Å². The fourth-order valence-electron chi connectivity index (χ4n) is 1.93. The Morgan fingerprint density at radius 3 is 1.50 bits per heavy atom. The third-order valence-electron chi connectivity index (χ3n) is 3.55. The predicted molar refractivity (Wildman–Crippen MR) is 114 cm³/mol. The molecule has 0 saturated heterocycles. The van der Waals surface area contributed by atoms with Gasteiger partial charge in [-0.25, -0.2) is 0 Å². The van der Waals surface area contributed by atoms with Crippen LogP contribution in [0.3, 0.4) is 0 Å². The summed E-state index contributed by atoms with van der Waals surface area (Å²) in [5.74, 6) is 0.696. The topological polar surface area (TPSA) is 40.5 Å². The molecule has 2 aromatic carbocycles. The summed E-state index contributed by atoms with van der Waals surface area (Å²) in [4.78, 5) is 0. The van der Waals surface area contributed by atoms with Gasteiger partial charge in [-0.2, -0.15) is 0 Å². The average Bonchev–Trinajstić information content (AvgIpc) is 2.41. The van der Waals surface area contributed by atoms with Gasteiger partial charge in [0.2, 0.25) is 0 Å². The molecule has 0 aromatic heterocycles. The fourth-order valence-corrected chi connectivity index (χ4v) is 2.45. The standard InChI is InChI=1S/C10H13IO.C10H14O.ClH/c1-10(2,3)7-4-5-9(12)8(11)6-7;1-10(2,3)8-4-6-9(11)7-5-8;/h4-6,12H,1-3H3;4-7,11H,1-3H3;1H. The largest absolute Gasteiger partial charge is 0.508 e. The van der Waals surface area contributed by atoms with E-state index < -0.39 is 0 Å². The number of aromatic hydroxyl groups is 2. The first-order valence-corrected chi connectivity index (χ1v) is 8.77. The zero-order chi connectivity index (χ0) is 17.8. The van der Waals surface area contributed by atoms with E-state index in [2.05, 4.69) is 64.1 Å². The number of halogens is 2. The molecule has 2 N–H and O–H groups in total. The first-order valence-electron chi connectivity index (χ1n) is 7.70. The molecule has 134 valence electrons. The summed E-state index contributed by atoms with van der Waals surface area (Å²) in [7, 11) is 0. The molecule has 0 saturated carbocycles. The van der Waals surface area contributed by atoms with Crippen molar-refractivity contribution in [1.82, 2.24) is 0 Å². The molecule has 2 aromatic rings. The molecule has 0 atom stereocenters. The highest BCUT2D eigenvalue weighted by molar-refractivity contribution is 14.1.